The van der Waals surface area contributed by atoms with E-state index in [-0.39, 0.29) is 0 Å². The van der Waals surface area contributed by atoms with E-state index in [1.807, 2.05) is 4.93 Å². The first-order chi connectivity index (χ1) is 8.45. The maximum Gasteiger partial charge on any atom is 0.0898 e. The molecule has 0 aromatic heterocycles. The van der Waals surface area contributed by atoms with Crippen molar-refractivity contribution < 1.29 is 0 Å². The van der Waals surface area contributed by atoms with Gasteiger partial charge < -0.3 is 0 Å². The second-order valence-electron chi connectivity index (χ2n) is 4.94. The van der Waals surface area contributed by atoms with Gasteiger partial charge in [0, 0.05) is 0 Å². The Morgan fingerprint density at radius 1 is 0.706 bits per heavy atom. The molecule has 0 spiro atoms. The maximum absolute atomic E-state index is 4.46. The summed E-state index contributed by atoms with van der Waals surface area (Å²) < 4.78 is 0. The van der Waals surface area contributed by atoms with Crippen LogP contribution < -0.4 is 0 Å². The van der Waals surface area contributed by atoms with E-state index in [0.29, 0.717) is 12.1 Å². The minimum Gasteiger partial charge on any atom is -0.222 e. The highest BCUT2D eigenvalue weighted by Gasteiger charge is 2.12. The van der Waals surface area contributed by atoms with Crippen molar-refractivity contribution in [2.24, 2.45) is 9.98 Å². The van der Waals surface area contributed by atoms with Crippen LogP contribution in [0.5, 0.6) is 0 Å². The van der Waals surface area contributed by atoms with E-state index in [2.05, 4.69) is 38.6 Å². The average Bonchev–Trinajstić information content (AvgIpc) is 2.43. The summed E-state index contributed by atoms with van der Waals surface area (Å²) in [5.41, 5.74) is 0. The molecule has 0 aromatic rings. The number of aliphatic imine (C=N–C) groups is 2. The van der Waals surface area contributed by atoms with Crippen LogP contribution in [-0.4, -0.2) is 23.0 Å². The number of hydrogen-bond acceptors (Lipinski definition) is 2. The Bertz CT molecular complexity index is 213. The summed E-state index contributed by atoms with van der Waals surface area (Å²) in [7, 11) is 0. The Kier molecular flexibility index (Phi) is 8.99. The Morgan fingerprint density at radius 2 is 1.06 bits per heavy atom. The minimum absolute atomic E-state index is 0.533. The second kappa shape index (κ2) is 10.1. The second-order valence-corrected chi connectivity index (χ2v) is 4.94. The van der Waals surface area contributed by atoms with Crippen LogP contribution in [0.25, 0.3) is 0 Å². The molecule has 0 saturated heterocycles. The van der Waals surface area contributed by atoms with Gasteiger partial charge in [0.1, 0.15) is 0 Å². The van der Waals surface area contributed by atoms with Crippen molar-refractivity contribution in [3.8, 4) is 0 Å². The molecule has 2 fully saturated rings. The van der Waals surface area contributed by atoms with E-state index in [9.17, 15) is 0 Å². The fraction of sp³-hybridized carbons (Fsp3) is 0.929. The molecule has 98 valence electrons. The normalized spacial score (nSPS) is 22.0. The topological polar surface area (TPSA) is 24.7 Å². The van der Waals surface area contributed by atoms with Crippen LogP contribution in [-0.2, 0) is 0 Å². The lowest BCUT2D eigenvalue weighted by Gasteiger charge is -2.17. The monoisotopic (exact) mass is 348 g/mol. The number of rotatable bonds is 2. The van der Waals surface area contributed by atoms with Gasteiger partial charge in [-0.3, -0.25) is 0 Å². The quantitative estimate of drug-likeness (QED) is 0.386. The molecule has 0 unspecified atom stereocenters. The minimum atomic E-state index is 0.533. The highest BCUT2D eigenvalue weighted by atomic mass is 127. The zero-order chi connectivity index (χ0) is 12.3. The third-order valence-corrected chi connectivity index (χ3v) is 3.63. The van der Waals surface area contributed by atoms with Gasteiger partial charge in [-0.05, 0) is 30.6 Å². The zero-order valence-electron chi connectivity index (χ0n) is 11.0. The first kappa shape index (κ1) is 15.2. The Labute approximate surface area is 120 Å². The van der Waals surface area contributed by atoms with Crippen LogP contribution >= 0.6 is 22.6 Å². The molecule has 0 atom stereocenters. The highest BCUT2D eigenvalue weighted by molar-refractivity contribution is 14.1. The molecule has 0 bridgehead atoms. The van der Waals surface area contributed by atoms with Gasteiger partial charge in [0.2, 0.25) is 0 Å². The van der Waals surface area contributed by atoms with E-state index >= 15 is 0 Å². The molecule has 0 aromatic carbocycles. The van der Waals surface area contributed by atoms with Crippen molar-refractivity contribution in [1.29, 1.82) is 0 Å². The summed E-state index contributed by atoms with van der Waals surface area (Å²) in [6.07, 6.45) is 13.2. The molecule has 2 rings (SSSR count). The number of alkyl halides is 1. The fourth-order valence-electron chi connectivity index (χ4n) is 2.62. The molecule has 0 N–H and O–H groups in total. The molecular formula is C14H25IN2. The van der Waals surface area contributed by atoms with Crippen molar-refractivity contribution in [3.05, 3.63) is 0 Å². The lowest BCUT2D eigenvalue weighted by atomic mass is 9.96. The van der Waals surface area contributed by atoms with Crippen LogP contribution in [0.1, 0.15) is 64.2 Å². The molecule has 0 aliphatic heterocycles. The molecule has 2 aliphatic carbocycles. The predicted octanol–water partition coefficient (Wildman–Crippen LogP) is 4.88. The van der Waals surface area contributed by atoms with Gasteiger partial charge >= 0.3 is 0 Å². The van der Waals surface area contributed by atoms with Gasteiger partial charge in [-0.25, -0.2) is 9.98 Å². The van der Waals surface area contributed by atoms with Gasteiger partial charge in [0.25, 0.3) is 0 Å². The molecule has 0 radical (unpaired) electrons. The highest BCUT2D eigenvalue weighted by Crippen LogP contribution is 2.21. The number of nitrogens with zero attached hydrogens (tertiary/aromatic N) is 2. The first-order valence-corrected chi connectivity index (χ1v) is 9.13. The lowest BCUT2D eigenvalue weighted by molar-refractivity contribution is 0.438. The van der Waals surface area contributed by atoms with E-state index in [1.54, 1.807) is 0 Å². The Hall–Kier alpha value is 0.110. The molecule has 2 saturated carbocycles. The van der Waals surface area contributed by atoms with Gasteiger partial charge in [-0.1, -0.05) is 61.1 Å². The van der Waals surface area contributed by atoms with Crippen LogP contribution in [0.15, 0.2) is 9.98 Å². The van der Waals surface area contributed by atoms with E-state index in [0.717, 1.165) is 0 Å². The average molecular weight is 348 g/mol. The number of hydrogen-bond donors (Lipinski definition) is 0. The van der Waals surface area contributed by atoms with Crippen LogP contribution in [0.2, 0.25) is 0 Å². The molecular weight excluding hydrogens is 323 g/mol. The van der Waals surface area contributed by atoms with Gasteiger partial charge in [-0.15, -0.1) is 0 Å². The largest absolute Gasteiger partial charge is 0.222 e. The Morgan fingerprint density at radius 3 is 1.41 bits per heavy atom. The molecule has 17 heavy (non-hydrogen) atoms. The third kappa shape index (κ3) is 6.56. The third-order valence-electron chi connectivity index (χ3n) is 3.63. The van der Waals surface area contributed by atoms with Crippen molar-refractivity contribution in [2.45, 2.75) is 76.3 Å². The predicted molar refractivity (Wildman–Crippen MR) is 83.6 cm³/mol. The van der Waals surface area contributed by atoms with Gasteiger partial charge in [0.15, 0.2) is 0 Å². The molecule has 0 heterocycles. The molecule has 3 heteroatoms. The summed E-state index contributed by atoms with van der Waals surface area (Å²) in [6.45, 7) is 0. The van der Waals surface area contributed by atoms with E-state index < -0.39 is 0 Å². The van der Waals surface area contributed by atoms with Gasteiger partial charge in [-0.2, -0.15) is 0 Å². The molecule has 2 aliphatic rings. The van der Waals surface area contributed by atoms with E-state index in [4.69, 9.17) is 0 Å². The number of halogens is 1. The van der Waals surface area contributed by atoms with E-state index in [1.165, 1.54) is 64.2 Å². The van der Waals surface area contributed by atoms with Crippen molar-refractivity contribution in [1.82, 2.24) is 0 Å². The van der Waals surface area contributed by atoms with Crippen molar-refractivity contribution in [3.63, 3.8) is 0 Å². The summed E-state index contributed by atoms with van der Waals surface area (Å²) in [4.78, 5) is 10.9. The fourth-order valence-corrected chi connectivity index (χ4v) is 2.62. The van der Waals surface area contributed by atoms with Crippen LogP contribution in [0.4, 0.5) is 0 Å². The van der Waals surface area contributed by atoms with Crippen molar-refractivity contribution >= 4 is 28.6 Å². The maximum atomic E-state index is 4.46. The lowest BCUT2D eigenvalue weighted by Crippen LogP contribution is -2.10. The van der Waals surface area contributed by atoms with Crippen LogP contribution in [0, 0.1) is 0 Å². The van der Waals surface area contributed by atoms with Crippen molar-refractivity contribution in [2.75, 3.05) is 4.93 Å². The first-order valence-electron chi connectivity index (χ1n) is 6.97. The SMILES string of the molecule is C(=NC1CCCCC1)=NC1CCCCC1.CI. The Balaban J connectivity index is 0.000000686. The summed E-state index contributed by atoms with van der Waals surface area (Å²) in [6, 6.07) is 4.04. The summed E-state index contributed by atoms with van der Waals surface area (Å²) >= 11 is 2.15. The smallest absolute Gasteiger partial charge is 0.0898 e. The summed E-state index contributed by atoms with van der Waals surface area (Å²) in [5, 5.41) is 0. The molecule has 2 nitrogen and oxygen atoms in total. The van der Waals surface area contributed by atoms with Crippen LogP contribution in [0.3, 0.4) is 0 Å². The van der Waals surface area contributed by atoms with Gasteiger partial charge in [0.05, 0.1) is 18.1 Å². The standard InChI is InChI=1S/C13H22N2.CH3I/c1-3-7-12(8-4-1)14-11-15-13-9-5-2-6-10-13;1-2/h12-13H,1-10H2;1H3. The zero-order valence-corrected chi connectivity index (χ0v) is 13.2. The summed E-state index contributed by atoms with van der Waals surface area (Å²) in [5.74, 6) is 0. The molecule has 0 amide bonds.